The lowest BCUT2D eigenvalue weighted by atomic mass is 10.1. The van der Waals surface area contributed by atoms with Gasteiger partial charge in [0.1, 0.15) is 37.4 Å². The van der Waals surface area contributed by atoms with E-state index < -0.39 is 0 Å². The van der Waals surface area contributed by atoms with Crippen molar-refractivity contribution < 1.29 is 19.0 Å². The van der Waals surface area contributed by atoms with Crippen molar-refractivity contribution in [1.29, 1.82) is 0 Å². The maximum absolute atomic E-state index is 12.3. The fraction of sp³-hybridized carbons (Fsp3) is 0.269. The number of amides is 1. The van der Waals surface area contributed by atoms with Gasteiger partial charge in [0.15, 0.2) is 0 Å². The maximum Gasteiger partial charge on any atom is 0.248 e. The van der Waals surface area contributed by atoms with Gasteiger partial charge in [-0.3, -0.25) is 4.79 Å². The van der Waals surface area contributed by atoms with E-state index in [9.17, 15) is 4.79 Å². The Morgan fingerprint density at radius 3 is 2.72 bits per heavy atom. The fourth-order valence-electron chi connectivity index (χ4n) is 4.09. The van der Waals surface area contributed by atoms with Gasteiger partial charge in [0, 0.05) is 21.8 Å². The van der Waals surface area contributed by atoms with Crippen LogP contribution in [0.3, 0.4) is 0 Å². The molecule has 1 aliphatic rings. The highest BCUT2D eigenvalue weighted by Gasteiger charge is 2.26. The average molecular weight is 431 g/mol. The van der Waals surface area contributed by atoms with Gasteiger partial charge in [0.05, 0.1) is 13.1 Å². The molecule has 1 amide bonds. The van der Waals surface area contributed by atoms with Crippen molar-refractivity contribution in [3.05, 3.63) is 72.3 Å². The molecular formula is C26H26N2O4. The number of benzene rings is 3. The molecule has 1 saturated heterocycles. The standard InChI is InChI=1S/C26H26N2O4/c1-18-6-2-5-9-25(18)30-13-12-28-15-20(32-17-26(28)29)16-31-19-10-11-24-22(14-19)21-7-3-4-8-23(21)27-24/h2-11,14,20,27H,12-13,15-17H2,1H3. The van der Waals surface area contributed by atoms with Crippen molar-refractivity contribution >= 4 is 27.7 Å². The number of aromatic nitrogens is 1. The molecular weight excluding hydrogens is 404 g/mol. The van der Waals surface area contributed by atoms with Crippen LogP contribution in [0.5, 0.6) is 11.5 Å². The van der Waals surface area contributed by atoms with Crippen LogP contribution < -0.4 is 9.47 Å². The Bertz CT molecular complexity index is 1250. The summed E-state index contributed by atoms with van der Waals surface area (Å²) in [6, 6.07) is 22.2. The van der Waals surface area contributed by atoms with Crippen molar-refractivity contribution in [2.45, 2.75) is 13.0 Å². The molecule has 0 radical (unpaired) electrons. The van der Waals surface area contributed by atoms with Gasteiger partial charge in [-0.1, -0.05) is 36.4 Å². The number of ether oxygens (including phenoxy) is 3. The molecule has 6 heteroatoms. The first-order valence-electron chi connectivity index (χ1n) is 10.9. The Balaban J connectivity index is 1.18. The molecule has 4 aromatic rings. The molecule has 0 spiro atoms. The minimum Gasteiger partial charge on any atom is -0.491 e. The number of aromatic amines is 1. The van der Waals surface area contributed by atoms with E-state index in [1.54, 1.807) is 4.90 Å². The molecule has 1 aliphatic heterocycles. The summed E-state index contributed by atoms with van der Waals surface area (Å²) in [4.78, 5) is 17.5. The Morgan fingerprint density at radius 1 is 1.00 bits per heavy atom. The van der Waals surface area contributed by atoms with Gasteiger partial charge in [-0.2, -0.15) is 0 Å². The van der Waals surface area contributed by atoms with Crippen LogP contribution in [-0.2, 0) is 9.53 Å². The van der Waals surface area contributed by atoms with Crippen molar-refractivity contribution in [3.63, 3.8) is 0 Å². The first-order valence-corrected chi connectivity index (χ1v) is 10.9. The molecule has 5 rings (SSSR count). The van der Waals surface area contributed by atoms with E-state index in [0.717, 1.165) is 33.5 Å². The Labute approximate surface area is 186 Å². The quantitative estimate of drug-likeness (QED) is 0.474. The Hall–Kier alpha value is -3.51. The summed E-state index contributed by atoms with van der Waals surface area (Å²) in [5.74, 6) is 1.62. The number of morpholine rings is 1. The molecule has 0 saturated carbocycles. The zero-order valence-corrected chi connectivity index (χ0v) is 18.0. The van der Waals surface area contributed by atoms with Crippen molar-refractivity contribution in [2.75, 3.05) is 32.9 Å². The van der Waals surface area contributed by atoms with E-state index in [2.05, 4.69) is 23.2 Å². The third-order valence-electron chi connectivity index (χ3n) is 5.85. The molecule has 1 fully saturated rings. The first kappa shape index (κ1) is 20.4. The number of H-pyrrole nitrogens is 1. The normalized spacial score (nSPS) is 16.6. The predicted molar refractivity (Wildman–Crippen MR) is 124 cm³/mol. The number of para-hydroxylation sites is 2. The van der Waals surface area contributed by atoms with Gasteiger partial charge in [-0.25, -0.2) is 0 Å². The summed E-state index contributed by atoms with van der Waals surface area (Å²) in [5, 5.41) is 2.31. The number of fused-ring (bicyclic) bond motifs is 3. The van der Waals surface area contributed by atoms with Crippen LogP contribution in [0.1, 0.15) is 5.56 Å². The van der Waals surface area contributed by atoms with Crippen molar-refractivity contribution in [1.82, 2.24) is 9.88 Å². The van der Waals surface area contributed by atoms with Crippen LogP contribution in [0.4, 0.5) is 0 Å². The summed E-state index contributed by atoms with van der Waals surface area (Å²) in [5.41, 5.74) is 3.27. The first-order chi connectivity index (χ1) is 15.7. The molecule has 1 atom stereocenters. The van der Waals surface area contributed by atoms with Gasteiger partial charge in [-0.05, 0) is 42.8 Å². The second kappa shape index (κ2) is 8.93. The fourth-order valence-corrected chi connectivity index (χ4v) is 4.09. The van der Waals surface area contributed by atoms with Gasteiger partial charge < -0.3 is 24.1 Å². The molecule has 0 bridgehead atoms. The monoisotopic (exact) mass is 430 g/mol. The smallest absolute Gasteiger partial charge is 0.248 e. The van der Waals surface area contributed by atoms with Crippen molar-refractivity contribution in [2.24, 2.45) is 0 Å². The van der Waals surface area contributed by atoms with Crippen LogP contribution in [0.15, 0.2) is 66.7 Å². The zero-order chi connectivity index (χ0) is 21.9. The summed E-state index contributed by atoms with van der Waals surface area (Å²) >= 11 is 0. The van der Waals surface area contributed by atoms with Crippen LogP contribution in [0, 0.1) is 6.92 Å². The number of carbonyl (C=O) groups excluding carboxylic acids is 1. The predicted octanol–water partition coefficient (Wildman–Crippen LogP) is 4.31. The summed E-state index contributed by atoms with van der Waals surface area (Å²) in [6.45, 7) is 3.92. The number of carbonyl (C=O) groups is 1. The van der Waals surface area contributed by atoms with Crippen LogP contribution in [0.2, 0.25) is 0 Å². The van der Waals surface area contributed by atoms with Crippen LogP contribution in [0.25, 0.3) is 21.8 Å². The lowest BCUT2D eigenvalue weighted by Gasteiger charge is -2.32. The third-order valence-corrected chi connectivity index (χ3v) is 5.85. The highest BCUT2D eigenvalue weighted by Crippen LogP contribution is 2.28. The summed E-state index contributed by atoms with van der Waals surface area (Å²) < 4.78 is 17.6. The Morgan fingerprint density at radius 2 is 1.81 bits per heavy atom. The van der Waals surface area contributed by atoms with Gasteiger partial charge in [-0.15, -0.1) is 0 Å². The number of hydrogen-bond donors (Lipinski definition) is 1. The van der Waals surface area contributed by atoms with Crippen LogP contribution in [-0.4, -0.2) is 54.8 Å². The highest BCUT2D eigenvalue weighted by molar-refractivity contribution is 6.07. The minimum absolute atomic E-state index is 0.0187. The molecule has 164 valence electrons. The third kappa shape index (κ3) is 4.27. The number of rotatable bonds is 7. The van der Waals surface area contributed by atoms with Gasteiger partial charge >= 0.3 is 0 Å². The molecule has 1 unspecified atom stereocenters. The van der Waals surface area contributed by atoms with E-state index in [1.165, 1.54) is 5.39 Å². The lowest BCUT2D eigenvalue weighted by molar-refractivity contribution is -0.150. The number of nitrogens with one attached hydrogen (secondary N) is 1. The molecule has 6 nitrogen and oxygen atoms in total. The SMILES string of the molecule is Cc1ccccc1OCCN1CC(COc2ccc3[nH]c4ccccc4c3c2)OCC1=O. The molecule has 1 N–H and O–H groups in total. The molecule has 1 aromatic heterocycles. The lowest BCUT2D eigenvalue weighted by Crippen LogP contribution is -2.49. The average Bonchev–Trinajstić information content (AvgIpc) is 3.18. The van der Waals surface area contributed by atoms with E-state index >= 15 is 0 Å². The number of nitrogens with zero attached hydrogens (tertiary/aromatic N) is 1. The maximum atomic E-state index is 12.3. The van der Waals surface area contributed by atoms with Gasteiger partial charge in [0.2, 0.25) is 5.91 Å². The largest absolute Gasteiger partial charge is 0.491 e. The van der Waals surface area contributed by atoms with Gasteiger partial charge in [0.25, 0.3) is 0 Å². The van der Waals surface area contributed by atoms with E-state index in [-0.39, 0.29) is 18.6 Å². The minimum atomic E-state index is -0.176. The molecule has 32 heavy (non-hydrogen) atoms. The van der Waals surface area contributed by atoms with Crippen molar-refractivity contribution in [3.8, 4) is 11.5 Å². The molecule has 2 heterocycles. The molecule has 0 aliphatic carbocycles. The van der Waals surface area contributed by atoms with E-state index in [4.69, 9.17) is 14.2 Å². The summed E-state index contributed by atoms with van der Waals surface area (Å²) in [6.07, 6.45) is -0.176. The number of hydrogen-bond acceptors (Lipinski definition) is 4. The number of aryl methyl sites for hydroxylation is 1. The second-order valence-corrected chi connectivity index (χ2v) is 8.08. The van der Waals surface area contributed by atoms with E-state index in [0.29, 0.717) is 26.3 Å². The Kier molecular flexibility index (Phi) is 5.69. The summed E-state index contributed by atoms with van der Waals surface area (Å²) in [7, 11) is 0. The topological polar surface area (TPSA) is 63.8 Å². The zero-order valence-electron chi connectivity index (χ0n) is 18.0. The second-order valence-electron chi connectivity index (χ2n) is 8.08. The van der Waals surface area contributed by atoms with E-state index in [1.807, 2.05) is 55.5 Å². The highest BCUT2D eigenvalue weighted by atomic mass is 16.5. The van der Waals surface area contributed by atoms with Crippen LogP contribution >= 0.6 is 0 Å². The molecule has 3 aromatic carbocycles.